The van der Waals surface area contributed by atoms with Crippen LogP contribution < -0.4 is 36.5 Å². The monoisotopic (exact) mass is 565 g/mol. The fraction of sp³-hybridized carbons (Fsp3) is 0.0909. The molecule has 0 saturated carbocycles. The molecule has 0 unspecified atom stereocenters. The van der Waals surface area contributed by atoms with E-state index in [1.165, 1.54) is 11.8 Å². The van der Waals surface area contributed by atoms with Crippen LogP contribution in [-0.4, -0.2) is 29.3 Å². The number of para-hydroxylation sites is 2. The molecule has 2 aromatic carbocycles. The van der Waals surface area contributed by atoms with E-state index in [-0.39, 0.29) is 11.7 Å². The Morgan fingerprint density at radius 1 is 1.13 bits per heavy atom. The van der Waals surface area contributed by atoms with Crippen LogP contribution in [0.1, 0.15) is 5.56 Å². The Morgan fingerprint density at radius 3 is 2.61 bits per heavy atom. The first-order chi connectivity index (χ1) is 15.2. The Morgan fingerprint density at radius 2 is 1.87 bits per heavy atom. The molecule has 0 fully saturated rings. The van der Waals surface area contributed by atoms with Gasteiger partial charge in [0.05, 0.1) is 0 Å². The maximum absolute atomic E-state index is 12.6. The molecule has 1 aromatic heterocycles. The van der Waals surface area contributed by atoms with Crippen LogP contribution in [0.15, 0.2) is 85.4 Å². The SMILES string of the molecule is COc1ccccc1NC(=O)CSC1=C[I-]N=C(c2ccc(Cl)cc2)N1n1cccc1. The van der Waals surface area contributed by atoms with Crippen molar-refractivity contribution in [3.05, 3.63) is 92.8 Å². The van der Waals surface area contributed by atoms with Crippen LogP contribution in [0.2, 0.25) is 5.02 Å². The van der Waals surface area contributed by atoms with E-state index in [9.17, 15) is 4.79 Å². The van der Waals surface area contributed by atoms with Crippen LogP contribution in [0, 0.1) is 0 Å². The van der Waals surface area contributed by atoms with E-state index in [0.717, 1.165) is 16.4 Å². The fourth-order valence-electron chi connectivity index (χ4n) is 2.92. The molecule has 0 spiro atoms. The molecule has 0 atom stereocenters. The molecule has 0 radical (unpaired) electrons. The van der Waals surface area contributed by atoms with Gasteiger partial charge in [0.1, 0.15) is 0 Å². The first kappa shape index (κ1) is 21.8. The number of amidine groups is 1. The number of aromatic nitrogens is 1. The second-order valence-corrected chi connectivity index (χ2v) is 9.47. The van der Waals surface area contributed by atoms with Gasteiger partial charge in [0.15, 0.2) is 0 Å². The van der Waals surface area contributed by atoms with Crippen molar-refractivity contribution in [1.82, 2.24) is 4.68 Å². The standard InChI is InChI=1S/C22H19ClIN4O2S/c1-30-19-7-3-2-6-18(19)25-20(29)15-31-21-14-24-26-22(16-8-10-17(23)11-9-16)28(21)27-12-4-5-13-27/h2-14H,15H2,1H3,(H,25,29)/q-1. The number of hydrogen-bond donors (Lipinski definition) is 1. The van der Waals surface area contributed by atoms with Gasteiger partial charge in [-0.15, -0.1) is 0 Å². The number of amides is 1. The number of carbonyl (C=O) groups is 1. The molecule has 3 aromatic rings. The minimum atomic E-state index is -0.528. The zero-order valence-corrected chi connectivity index (χ0v) is 20.3. The summed E-state index contributed by atoms with van der Waals surface area (Å²) in [6, 6.07) is 18.9. The van der Waals surface area contributed by atoms with E-state index in [0.29, 0.717) is 16.5 Å². The Hall–Kier alpha value is -2.43. The van der Waals surface area contributed by atoms with Crippen molar-refractivity contribution in [1.29, 1.82) is 0 Å². The number of methoxy groups -OCH3 is 1. The quantitative estimate of drug-likeness (QED) is 0.444. The van der Waals surface area contributed by atoms with Gasteiger partial charge in [-0.2, -0.15) is 0 Å². The number of ether oxygens (including phenoxy) is 1. The van der Waals surface area contributed by atoms with Gasteiger partial charge in [-0.05, 0) is 0 Å². The van der Waals surface area contributed by atoms with Gasteiger partial charge in [0.2, 0.25) is 0 Å². The molecule has 1 amide bonds. The molecule has 1 N–H and O–H groups in total. The topological polar surface area (TPSA) is 58.9 Å². The summed E-state index contributed by atoms with van der Waals surface area (Å²) in [6.07, 6.45) is 3.91. The Balaban J connectivity index is 1.51. The van der Waals surface area contributed by atoms with Crippen LogP contribution in [-0.2, 0) is 4.79 Å². The summed E-state index contributed by atoms with van der Waals surface area (Å²) in [5.41, 5.74) is 1.63. The Labute approximate surface area is 200 Å². The van der Waals surface area contributed by atoms with E-state index in [2.05, 4.69) is 9.40 Å². The molecule has 6 nitrogen and oxygen atoms in total. The first-order valence-corrected chi connectivity index (χ1v) is 12.9. The summed E-state index contributed by atoms with van der Waals surface area (Å²) >= 11 is 7.02. The molecular weight excluding hydrogens is 547 g/mol. The summed E-state index contributed by atoms with van der Waals surface area (Å²) in [4.78, 5) is 12.6. The zero-order valence-electron chi connectivity index (χ0n) is 16.5. The van der Waals surface area contributed by atoms with Crippen molar-refractivity contribution in [2.24, 2.45) is 3.21 Å². The Bertz CT molecular complexity index is 1120. The molecule has 1 aliphatic heterocycles. The third kappa shape index (κ3) is 5.25. The molecule has 31 heavy (non-hydrogen) atoms. The predicted molar refractivity (Wildman–Crippen MR) is 123 cm³/mol. The summed E-state index contributed by atoms with van der Waals surface area (Å²) in [7, 11) is 1.59. The van der Waals surface area contributed by atoms with Crippen molar-refractivity contribution in [2.45, 2.75) is 0 Å². The summed E-state index contributed by atoms with van der Waals surface area (Å²) < 4.78 is 14.2. The molecule has 160 valence electrons. The van der Waals surface area contributed by atoms with Crippen molar-refractivity contribution in [2.75, 3.05) is 23.2 Å². The van der Waals surface area contributed by atoms with Gasteiger partial charge in [0.25, 0.3) is 0 Å². The van der Waals surface area contributed by atoms with Crippen molar-refractivity contribution < 1.29 is 31.0 Å². The van der Waals surface area contributed by atoms with Crippen LogP contribution in [0.5, 0.6) is 5.75 Å². The molecule has 4 rings (SSSR count). The third-order valence-corrected chi connectivity index (χ3v) is 7.61. The van der Waals surface area contributed by atoms with E-state index in [1.807, 2.05) is 82.7 Å². The minimum absolute atomic E-state index is 0.100. The predicted octanol–water partition coefficient (Wildman–Crippen LogP) is 1.72. The zero-order chi connectivity index (χ0) is 21.6. The number of halogens is 2. The van der Waals surface area contributed by atoms with Crippen molar-refractivity contribution in [3.8, 4) is 5.75 Å². The second-order valence-electron chi connectivity index (χ2n) is 6.37. The van der Waals surface area contributed by atoms with Crippen LogP contribution >= 0.6 is 23.4 Å². The van der Waals surface area contributed by atoms with Crippen LogP contribution in [0.25, 0.3) is 0 Å². The number of nitrogens with zero attached hydrogens (tertiary/aromatic N) is 3. The Kier molecular flexibility index (Phi) is 7.21. The average molecular weight is 566 g/mol. The maximum atomic E-state index is 12.6. The van der Waals surface area contributed by atoms with Crippen molar-refractivity contribution in [3.63, 3.8) is 0 Å². The number of hydrogen-bond acceptors (Lipinski definition) is 5. The summed E-state index contributed by atoms with van der Waals surface area (Å²) in [5.74, 6) is 1.64. The molecule has 2 heterocycles. The molecule has 0 saturated heterocycles. The molecule has 0 bridgehead atoms. The van der Waals surface area contributed by atoms with E-state index >= 15 is 0 Å². The van der Waals surface area contributed by atoms with Gasteiger partial charge in [-0.1, -0.05) is 0 Å². The number of carbonyl (C=O) groups excluding carboxylic acids is 1. The molecule has 1 aliphatic rings. The van der Waals surface area contributed by atoms with Gasteiger partial charge < -0.3 is 0 Å². The number of thioether (sulfide) groups is 1. The average Bonchev–Trinajstić information content (AvgIpc) is 3.33. The molecule has 0 aliphatic carbocycles. The third-order valence-electron chi connectivity index (χ3n) is 4.33. The van der Waals surface area contributed by atoms with E-state index < -0.39 is 21.5 Å². The summed E-state index contributed by atoms with van der Waals surface area (Å²) in [5, 5.41) is 6.60. The van der Waals surface area contributed by atoms with E-state index in [4.69, 9.17) is 19.5 Å². The van der Waals surface area contributed by atoms with Gasteiger partial charge in [0, 0.05) is 0 Å². The van der Waals surface area contributed by atoms with Gasteiger partial charge >= 0.3 is 201 Å². The van der Waals surface area contributed by atoms with Crippen molar-refractivity contribution >= 4 is 40.8 Å². The number of anilines is 1. The van der Waals surface area contributed by atoms with Crippen LogP contribution in [0.3, 0.4) is 0 Å². The number of nitrogens with one attached hydrogen (secondary N) is 1. The first-order valence-electron chi connectivity index (χ1n) is 9.31. The fourth-order valence-corrected chi connectivity index (χ4v) is 5.95. The normalized spacial score (nSPS) is 13.7. The second kappa shape index (κ2) is 10.3. The van der Waals surface area contributed by atoms with Gasteiger partial charge in [-0.3, -0.25) is 0 Å². The molecular formula is C22H19ClIN4O2S-. The summed E-state index contributed by atoms with van der Waals surface area (Å²) in [6.45, 7) is 0. The number of rotatable bonds is 7. The van der Waals surface area contributed by atoms with Crippen LogP contribution in [0.4, 0.5) is 5.69 Å². The van der Waals surface area contributed by atoms with Gasteiger partial charge in [-0.25, -0.2) is 0 Å². The number of benzene rings is 2. The van der Waals surface area contributed by atoms with E-state index in [1.54, 1.807) is 7.11 Å². The molecule has 9 heteroatoms.